The Balaban J connectivity index is 1.53. The number of methoxy groups -OCH3 is 1. The fourth-order valence-corrected chi connectivity index (χ4v) is 4.12. The van der Waals surface area contributed by atoms with Gasteiger partial charge < -0.3 is 20.1 Å². The Bertz CT molecular complexity index is 1670. The van der Waals surface area contributed by atoms with Gasteiger partial charge in [-0.15, -0.1) is 0 Å². The lowest BCUT2D eigenvalue weighted by Crippen LogP contribution is -2.24. The molecule has 0 bridgehead atoms. The maximum Gasteiger partial charge on any atom is 0.337 e. The third kappa shape index (κ3) is 7.53. The second-order valence-corrected chi connectivity index (χ2v) is 10.9. The van der Waals surface area contributed by atoms with Gasteiger partial charge in [-0.25, -0.2) is 24.0 Å². The van der Waals surface area contributed by atoms with E-state index in [1.807, 2.05) is 20.8 Å². The van der Waals surface area contributed by atoms with Crippen LogP contribution in [-0.4, -0.2) is 47.0 Å². The van der Waals surface area contributed by atoms with Crippen LogP contribution in [0.15, 0.2) is 60.8 Å². The van der Waals surface area contributed by atoms with Crippen LogP contribution in [0.2, 0.25) is 10.0 Å². The van der Waals surface area contributed by atoms with E-state index in [2.05, 4.69) is 31.3 Å². The first-order valence-corrected chi connectivity index (χ1v) is 13.6. The molecule has 0 fully saturated rings. The summed E-state index contributed by atoms with van der Waals surface area (Å²) in [5.74, 6) is 0.755. The average molecular weight is 627 g/mol. The van der Waals surface area contributed by atoms with Crippen LogP contribution in [0.4, 0.5) is 26.9 Å². The van der Waals surface area contributed by atoms with Crippen molar-refractivity contribution in [3.63, 3.8) is 0 Å². The van der Waals surface area contributed by atoms with Crippen LogP contribution in [0.1, 0.15) is 36.8 Å². The molecule has 4 aromatic rings. The van der Waals surface area contributed by atoms with Crippen LogP contribution in [-0.2, 0) is 10.2 Å². The summed E-state index contributed by atoms with van der Waals surface area (Å²) in [6.07, 6.45) is 1.46. The normalized spacial score (nSPS) is 11.0. The van der Waals surface area contributed by atoms with Crippen molar-refractivity contribution in [3.05, 3.63) is 82.1 Å². The Hall–Kier alpha value is -4.81. The van der Waals surface area contributed by atoms with Gasteiger partial charge in [0.25, 0.3) is 0 Å². The van der Waals surface area contributed by atoms with E-state index in [-0.39, 0.29) is 32.7 Å². The number of anilines is 3. The Kier molecular flexibility index (Phi) is 9.42. The zero-order valence-corrected chi connectivity index (χ0v) is 25.4. The summed E-state index contributed by atoms with van der Waals surface area (Å²) in [6, 6.07) is 13.5. The van der Waals surface area contributed by atoms with E-state index in [1.54, 1.807) is 47.1 Å². The number of nitrogens with one attached hydrogen (secondary N) is 4. The number of hydrogen-bond acceptors (Lipinski definition) is 7. The molecule has 0 unspecified atom stereocenters. The number of nitrogens with zero attached hydrogens (tertiary/aromatic N) is 3. The molecule has 2 aromatic carbocycles. The Labute approximate surface area is 257 Å². The molecule has 2 heterocycles. The van der Waals surface area contributed by atoms with Crippen LogP contribution < -0.4 is 26.0 Å². The molecule has 43 heavy (non-hydrogen) atoms. The fraction of sp³-hybridized carbons (Fsp3) is 0.207. The number of pyridine rings is 1. The van der Waals surface area contributed by atoms with Crippen molar-refractivity contribution in [2.75, 3.05) is 30.1 Å². The van der Waals surface area contributed by atoms with Crippen LogP contribution in [0.3, 0.4) is 0 Å². The Morgan fingerprint density at radius 3 is 2.26 bits per heavy atom. The van der Waals surface area contributed by atoms with Gasteiger partial charge in [0.15, 0.2) is 0 Å². The highest BCUT2D eigenvalue weighted by molar-refractivity contribution is 6.45. The molecule has 12 nitrogen and oxygen atoms in total. The summed E-state index contributed by atoms with van der Waals surface area (Å²) in [4.78, 5) is 40.6. The van der Waals surface area contributed by atoms with Gasteiger partial charge in [-0.1, -0.05) is 44.0 Å². The summed E-state index contributed by atoms with van der Waals surface area (Å²) in [5, 5.41) is 15.3. The predicted molar refractivity (Wildman–Crippen MR) is 165 cm³/mol. The van der Waals surface area contributed by atoms with E-state index in [4.69, 9.17) is 32.7 Å². The maximum atomic E-state index is 13.1. The molecule has 4 N–H and O–H groups in total. The molecule has 0 aliphatic heterocycles. The first-order chi connectivity index (χ1) is 20.4. The fourth-order valence-electron chi connectivity index (χ4n) is 3.72. The number of rotatable bonds is 7. The van der Waals surface area contributed by atoms with E-state index in [0.29, 0.717) is 22.8 Å². The topological polar surface area (TPSA) is 148 Å². The zero-order valence-electron chi connectivity index (χ0n) is 23.9. The van der Waals surface area contributed by atoms with Crippen molar-refractivity contribution < 1.29 is 23.9 Å². The van der Waals surface area contributed by atoms with Gasteiger partial charge in [-0.3, -0.25) is 10.6 Å². The number of benzene rings is 2. The molecule has 4 rings (SSSR count). The minimum absolute atomic E-state index is 0.0503. The monoisotopic (exact) mass is 625 g/mol. The lowest BCUT2D eigenvalue weighted by molar-refractivity contribution is 0.0600. The summed E-state index contributed by atoms with van der Waals surface area (Å²) >= 11 is 13.0. The largest absolute Gasteiger partial charge is 0.465 e. The van der Waals surface area contributed by atoms with Crippen LogP contribution in [0.5, 0.6) is 11.5 Å². The number of esters is 1. The van der Waals surface area contributed by atoms with Crippen molar-refractivity contribution >= 4 is 58.6 Å². The van der Waals surface area contributed by atoms with E-state index in [0.717, 1.165) is 5.69 Å². The first-order valence-electron chi connectivity index (χ1n) is 12.9. The molecule has 0 atom stereocenters. The van der Waals surface area contributed by atoms with Gasteiger partial charge in [-0.2, -0.15) is 5.10 Å². The van der Waals surface area contributed by atoms with Crippen LogP contribution in [0, 0.1) is 0 Å². The smallest absolute Gasteiger partial charge is 0.337 e. The van der Waals surface area contributed by atoms with Crippen molar-refractivity contribution in [3.8, 4) is 17.2 Å². The molecule has 0 radical (unpaired) electrons. The Morgan fingerprint density at radius 1 is 0.884 bits per heavy atom. The van der Waals surface area contributed by atoms with Crippen molar-refractivity contribution in [2.45, 2.75) is 26.2 Å². The number of carbonyl (C=O) groups excluding carboxylic acids is 3. The molecule has 4 amide bonds. The highest BCUT2D eigenvalue weighted by Crippen LogP contribution is 2.40. The number of hydrogen-bond donors (Lipinski definition) is 4. The van der Waals surface area contributed by atoms with Gasteiger partial charge in [0.2, 0.25) is 0 Å². The summed E-state index contributed by atoms with van der Waals surface area (Å²) < 4.78 is 12.2. The van der Waals surface area contributed by atoms with Crippen molar-refractivity contribution in [1.29, 1.82) is 0 Å². The molecule has 0 saturated carbocycles. The SMILES string of the molecule is CNC(=O)Nc1cc(Oc2ccc(NC(=O)Nc3cc(C(C)(C)C)nn3-c3ccc(C(=O)OC)cc3)c(Cl)c2Cl)ccn1. The highest BCUT2D eigenvalue weighted by Gasteiger charge is 2.22. The second kappa shape index (κ2) is 13.0. The molecular formula is C29H29Cl2N7O5. The predicted octanol–water partition coefficient (Wildman–Crippen LogP) is 6.85. The summed E-state index contributed by atoms with van der Waals surface area (Å²) in [6.45, 7) is 6.00. The number of ether oxygens (including phenoxy) is 2. The lowest BCUT2D eigenvalue weighted by atomic mass is 9.92. The van der Waals surface area contributed by atoms with Gasteiger partial charge in [0.05, 0.1) is 34.8 Å². The lowest BCUT2D eigenvalue weighted by Gasteiger charge is -2.14. The van der Waals surface area contributed by atoms with Crippen LogP contribution in [0.25, 0.3) is 5.69 Å². The van der Waals surface area contributed by atoms with Crippen LogP contribution >= 0.6 is 23.2 Å². The zero-order chi connectivity index (χ0) is 31.3. The number of halogens is 2. The molecular weight excluding hydrogens is 597 g/mol. The average Bonchev–Trinajstić information content (AvgIpc) is 3.41. The minimum Gasteiger partial charge on any atom is -0.465 e. The third-order valence-corrected chi connectivity index (χ3v) is 6.84. The van der Waals surface area contributed by atoms with E-state index < -0.39 is 18.0 Å². The molecule has 0 saturated heterocycles. The maximum absolute atomic E-state index is 13.1. The Morgan fingerprint density at radius 2 is 1.60 bits per heavy atom. The minimum atomic E-state index is -0.599. The van der Waals surface area contributed by atoms with Gasteiger partial charge in [0, 0.05) is 30.8 Å². The highest BCUT2D eigenvalue weighted by atomic mass is 35.5. The van der Waals surface area contributed by atoms with E-state index >= 15 is 0 Å². The number of amides is 4. The third-order valence-electron chi connectivity index (χ3n) is 5.98. The molecule has 14 heteroatoms. The van der Waals surface area contributed by atoms with E-state index in [9.17, 15) is 14.4 Å². The molecule has 0 spiro atoms. The number of carbonyl (C=O) groups is 3. The van der Waals surface area contributed by atoms with Gasteiger partial charge >= 0.3 is 18.0 Å². The van der Waals surface area contributed by atoms with Crippen molar-refractivity contribution in [2.24, 2.45) is 0 Å². The number of aromatic nitrogens is 3. The molecule has 0 aliphatic carbocycles. The first kappa shape index (κ1) is 31.1. The molecule has 0 aliphatic rings. The van der Waals surface area contributed by atoms with Gasteiger partial charge in [0.1, 0.15) is 28.2 Å². The van der Waals surface area contributed by atoms with E-state index in [1.165, 1.54) is 32.5 Å². The standard InChI is InChI=1S/C29H29Cl2N7O5/c1-29(2,3)21-15-23(38(37-21)17-8-6-16(7-9-17)26(39)42-5)36-28(41)34-19-10-11-20(25(31)24(19)30)43-18-12-13-33-22(14-18)35-27(40)32-4/h6-15H,1-5H3,(H2,34,36,41)(H2,32,33,35,40). The molecule has 224 valence electrons. The second-order valence-electron chi connectivity index (χ2n) is 10.1. The number of urea groups is 2. The quantitative estimate of drug-likeness (QED) is 0.164. The summed E-state index contributed by atoms with van der Waals surface area (Å²) in [5.41, 5.74) is 1.64. The van der Waals surface area contributed by atoms with Gasteiger partial charge in [-0.05, 0) is 42.5 Å². The van der Waals surface area contributed by atoms with Crippen molar-refractivity contribution in [1.82, 2.24) is 20.1 Å². The summed E-state index contributed by atoms with van der Waals surface area (Å²) in [7, 11) is 2.79. The molecule has 2 aromatic heterocycles.